The van der Waals surface area contributed by atoms with Crippen LogP contribution >= 0.6 is 24.0 Å². The van der Waals surface area contributed by atoms with Crippen molar-refractivity contribution in [3.05, 3.63) is 34.9 Å². The molecule has 1 heterocycles. The lowest BCUT2D eigenvalue weighted by atomic mass is 10.00. The molecule has 0 aromatic heterocycles. The van der Waals surface area contributed by atoms with Crippen LogP contribution in [-0.2, 0) is 11.2 Å². The maximum Gasteiger partial charge on any atom is 0.220 e. The maximum atomic E-state index is 11.8. The normalized spacial score (nSPS) is 17.9. The van der Waals surface area contributed by atoms with Crippen LogP contribution in [0.3, 0.4) is 0 Å². The predicted molar refractivity (Wildman–Crippen MR) is 90.2 cm³/mol. The van der Waals surface area contributed by atoms with Gasteiger partial charge in [0.1, 0.15) is 0 Å². The van der Waals surface area contributed by atoms with E-state index in [9.17, 15) is 4.79 Å². The molecular formula is C16H24Cl2N2O. The summed E-state index contributed by atoms with van der Waals surface area (Å²) in [5, 5.41) is 7.17. The highest BCUT2D eigenvalue weighted by molar-refractivity contribution is 6.30. The Balaban J connectivity index is 0.00000220. The molecule has 1 aliphatic heterocycles. The van der Waals surface area contributed by atoms with Crippen molar-refractivity contribution in [1.29, 1.82) is 0 Å². The zero-order valence-corrected chi connectivity index (χ0v) is 13.8. The van der Waals surface area contributed by atoms with E-state index in [-0.39, 0.29) is 18.3 Å². The van der Waals surface area contributed by atoms with Gasteiger partial charge >= 0.3 is 0 Å². The van der Waals surface area contributed by atoms with E-state index in [4.69, 9.17) is 11.6 Å². The molecule has 1 amide bonds. The highest BCUT2D eigenvalue weighted by atomic mass is 35.5. The Bertz CT molecular complexity index is 417. The van der Waals surface area contributed by atoms with Crippen molar-refractivity contribution in [2.45, 2.75) is 32.1 Å². The molecule has 1 saturated heterocycles. The Kier molecular flexibility index (Phi) is 8.74. The molecule has 1 atom stereocenters. The van der Waals surface area contributed by atoms with Crippen LogP contribution < -0.4 is 10.6 Å². The number of amides is 1. The number of rotatable bonds is 6. The van der Waals surface area contributed by atoms with E-state index in [1.807, 2.05) is 24.3 Å². The molecule has 2 N–H and O–H groups in total. The van der Waals surface area contributed by atoms with Gasteiger partial charge in [-0.2, -0.15) is 0 Å². The minimum absolute atomic E-state index is 0. The second-order valence-electron chi connectivity index (χ2n) is 5.50. The molecule has 0 radical (unpaired) electrons. The van der Waals surface area contributed by atoms with Crippen molar-refractivity contribution in [2.24, 2.45) is 5.92 Å². The lowest BCUT2D eigenvalue weighted by Gasteiger charge is -2.22. The number of benzene rings is 1. The fourth-order valence-corrected chi connectivity index (χ4v) is 2.67. The molecule has 1 aliphatic rings. The van der Waals surface area contributed by atoms with E-state index < -0.39 is 0 Å². The van der Waals surface area contributed by atoms with Crippen molar-refractivity contribution >= 4 is 29.9 Å². The van der Waals surface area contributed by atoms with Crippen LogP contribution in [0.2, 0.25) is 5.02 Å². The minimum Gasteiger partial charge on any atom is -0.356 e. The molecule has 0 bridgehead atoms. The molecule has 5 heteroatoms. The number of nitrogens with one attached hydrogen (secondary N) is 2. The molecule has 118 valence electrons. The number of aryl methyl sites for hydroxylation is 1. The Morgan fingerprint density at radius 1 is 1.33 bits per heavy atom. The Labute approximate surface area is 138 Å². The summed E-state index contributed by atoms with van der Waals surface area (Å²) >= 11 is 5.84. The van der Waals surface area contributed by atoms with Crippen molar-refractivity contribution in [1.82, 2.24) is 10.6 Å². The summed E-state index contributed by atoms with van der Waals surface area (Å²) in [6.07, 6.45) is 4.85. The molecule has 0 saturated carbocycles. The summed E-state index contributed by atoms with van der Waals surface area (Å²) in [6, 6.07) is 7.84. The van der Waals surface area contributed by atoms with Gasteiger partial charge in [-0.15, -0.1) is 12.4 Å². The fraction of sp³-hybridized carbons (Fsp3) is 0.562. The van der Waals surface area contributed by atoms with Crippen LogP contribution in [0.1, 0.15) is 31.2 Å². The number of hydrogen-bond donors (Lipinski definition) is 2. The van der Waals surface area contributed by atoms with Crippen LogP contribution in [0.15, 0.2) is 24.3 Å². The monoisotopic (exact) mass is 330 g/mol. The predicted octanol–water partition coefficient (Wildman–Crippen LogP) is 3.20. The van der Waals surface area contributed by atoms with Crippen LogP contribution in [0.25, 0.3) is 0 Å². The first-order chi connectivity index (χ1) is 9.74. The van der Waals surface area contributed by atoms with Crippen molar-refractivity contribution < 1.29 is 4.79 Å². The van der Waals surface area contributed by atoms with Crippen LogP contribution in [-0.4, -0.2) is 25.5 Å². The second-order valence-corrected chi connectivity index (χ2v) is 5.93. The summed E-state index contributed by atoms with van der Waals surface area (Å²) in [4.78, 5) is 11.8. The van der Waals surface area contributed by atoms with Gasteiger partial charge in [0.15, 0.2) is 0 Å². The topological polar surface area (TPSA) is 41.1 Å². The zero-order chi connectivity index (χ0) is 14.2. The van der Waals surface area contributed by atoms with Gasteiger partial charge < -0.3 is 10.6 Å². The lowest BCUT2D eigenvalue weighted by Crippen LogP contribution is -2.38. The van der Waals surface area contributed by atoms with Crippen LogP contribution in [0.5, 0.6) is 0 Å². The van der Waals surface area contributed by atoms with E-state index >= 15 is 0 Å². The van der Waals surface area contributed by atoms with Gasteiger partial charge in [-0.05, 0) is 62.4 Å². The van der Waals surface area contributed by atoms with Crippen LogP contribution in [0, 0.1) is 5.92 Å². The third kappa shape index (κ3) is 7.16. The van der Waals surface area contributed by atoms with E-state index in [0.717, 1.165) is 37.5 Å². The number of hydrogen-bond acceptors (Lipinski definition) is 2. The van der Waals surface area contributed by atoms with Gasteiger partial charge in [0.2, 0.25) is 5.91 Å². The van der Waals surface area contributed by atoms with Gasteiger partial charge in [0, 0.05) is 18.0 Å². The first-order valence-corrected chi connectivity index (χ1v) is 7.83. The van der Waals surface area contributed by atoms with Gasteiger partial charge in [-0.3, -0.25) is 4.79 Å². The van der Waals surface area contributed by atoms with E-state index in [1.165, 1.54) is 18.4 Å². The molecule has 3 nitrogen and oxygen atoms in total. The Morgan fingerprint density at radius 2 is 2.10 bits per heavy atom. The van der Waals surface area contributed by atoms with Gasteiger partial charge in [-0.25, -0.2) is 0 Å². The number of halogens is 2. The first-order valence-electron chi connectivity index (χ1n) is 7.46. The number of piperidine rings is 1. The summed E-state index contributed by atoms with van der Waals surface area (Å²) in [6.45, 7) is 2.96. The largest absolute Gasteiger partial charge is 0.356 e. The number of carbonyl (C=O) groups is 1. The van der Waals surface area contributed by atoms with Gasteiger partial charge in [0.05, 0.1) is 0 Å². The summed E-state index contributed by atoms with van der Waals surface area (Å²) in [5.41, 5.74) is 1.23. The molecule has 21 heavy (non-hydrogen) atoms. The van der Waals surface area contributed by atoms with Crippen LogP contribution in [0.4, 0.5) is 0 Å². The fourth-order valence-electron chi connectivity index (χ4n) is 2.55. The smallest absolute Gasteiger partial charge is 0.220 e. The lowest BCUT2D eigenvalue weighted by molar-refractivity contribution is -0.121. The van der Waals surface area contributed by atoms with Crippen molar-refractivity contribution in [3.63, 3.8) is 0 Å². The molecule has 1 fully saturated rings. The third-order valence-electron chi connectivity index (χ3n) is 3.77. The number of carbonyl (C=O) groups excluding carboxylic acids is 1. The van der Waals surface area contributed by atoms with E-state index in [0.29, 0.717) is 12.3 Å². The summed E-state index contributed by atoms with van der Waals surface area (Å²) in [7, 11) is 0. The molecule has 1 aromatic rings. The van der Waals surface area contributed by atoms with Gasteiger partial charge in [-0.1, -0.05) is 23.7 Å². The summed E-state index contributed by atoms with van der Waals surface area (Å²) < 4.78 is 0. The molecule has 0 aliphatic carbocycles. The highest BCUT2D eigenvalue weighted by Gasteiger charge is 2.13. The average molecular weight is 331 g/mol. The Morgan fingerprint density at radius 3 is 2.76 bits per heavy atom. The summed E-state index contributed by atoms with van der Waals surface area (Å²) in [5.74, 6) is 0.772. The standard InChI is InChI=1S/C16H23ClN2O.ClH/c17-15-8-6-13(7-9-15)3-1-5-16(20)19-12-14-4-2-10-18-11-14;/h6-9,14,18H,1-5,10-12H2,(H,19,20);1H. The van der Waals surface area contributed by atoms with Crippen molar-refractivity contribution in [3.8, 4) is 0 Å². The minimum atomic E-state index is 0. The average Bonchev–Trinajstić information content (AvgIpc) is 2.48. The van der Waals surface area contributed by atoms with E-state index in [1.54, 1.807) is 0 Å². The molecule has 2 rings (SSSR count). The quantitative estimate of drug-likeness (QED) is 0.840. The van der Waals surface area contributed by atoms with E-state index in [2.05, 4.69) is 10.6 Å². The molecular weight excluding hydrogens is 307 g/mol. The SMILES string of the molecule is Cl.O=C(CCCc1ccc(Cl)cc1)NCC1CCCNC1. The third-order valence-corrected chi connectivity index (χ3v) is 4.02. The zero-order valence-electron chi connectivity index (χ0n) is 12.2. The Hall–Kier alpha value is -0.770. The molecule has 0 spiro atoms. The van der Waals surface area contributed by atoms with Gasteiger partial charge in [0.25, 0.3) is 0 Å². The molecule has 1 unspecified atom stereocenters. The second kappa shape index (κ2) is 10.0. The highest BCUT2D eigenvalue weighted by Crippen LogP contribution is 2.12. The maximum absolute atomic E-state index is 11.8. The van der Waals surface area contributed by atoms with Crippen molar-refractivity contribution in [2.75, 3.05) is 19.6 Å². The molecule has 1 aromatic carbocycles. The first kappa shape index (κ1) is 18.3.